The number of amidine groups is 1. The van der Waals surface area contributed by atoms with Gasteiger partial charge in [-0.1, -0.05) is 12.2 Å². The van der Waals surface area contributed by atoms with Crippen LogP contribution in [0, 0.1) is 0 Å². The summed E-state index contributed by atoms with van der Waals surface area (Å²) in [5.41, 5.74) is 0.946. The summed E-state index contributed by atoms with van der Waals surface area (Å²) in [6.07, 6.45) is 3.58. The first-order valence-corrected chi connectivity index (χ1v) is 3.36. The van der Waals surface area contributed by atoms with Gasteiger partial charge in [0.2, 0.25) is 0 Å². The normalized spacial score (nSPS) is 21.4. The highest BCUT2D eigenvalue weighted by atomic mass is 32.1. The summed E-state index contributed by atoms with van der Waals surface area (Å²) in [5.74, 6) is 0.767. The molecule has 0 radical (unpaired) electrons. The topological polar surface area (TPSA) is 36.8 Å². The molecular weight excluding hydrogens is 146 g/mol. The van der Waals surface area contributed by atoms with Gasteiger partial charge >= 0.3 is 0 Å². The number of allylic oxidation sites excluding steroid dienone is 1. The van der Waals surface area contributed by atoms with Crippen molar-refractivity contribution < 1.29 is 0 Å². The summed E-state index contributed by atoms with van der Waals surface area (Å²) in [5, 5.41) is 2.95. The van der Waals surface area contributed by atoms with E-state index in [1.54, 1.807) is 6.21 Å². The lowest BCUT2D eigenvalue weighted by Gasteiger charge is -2.11. The van der Waals surface area contributed by atoms with E-state index in [9.17, 15) is 0 Å². The summed E-state index contributed by atoms with van der Waals surface area (Å²) >= 11 is 5.00. The van der Waals surface area contributed by atoms with E-state index in [0.29, 0.717) is 6.67 Å². The van der Waals surface area contributed by atoms with E-state index in [1.165, 1.54) is 0 Å². The quantitative estimate of drug-likeness (QED) is 0.505. The van der Waals surface area contributed by atoms with Gasteiger partial charge in [0, 0.05) is 6.21 Å². The van der Waals surface area contributed by atoms with Crippen LogP contribution in [0.1, 0.15) is 0 Å². The summed E-state index contributed by atoms with van der Waals surface area (Å²) in [7, 11) is 0. The van der Waals surface area contributed by atoms with Crippen molar-refractivity contribution in [3.05, 3.63) is 11.6 Å². The Balaban J connectivity index is 2.46. The monoisotopic (exact) mass is 151 g/mol. The van der Waals surface area contributed by atoms with Crippen molar-refractivity contribution in [1.29, 1.82) is 0 Å². The van der Waals surface area contributed by atoms with Gasteiger partial charge in [0.05, 0.1) is 5.57 Å². The molecule has 0 aromatic heterocycles. The van der Waals surface area contributed by atoms with Crippen molar-refractivity contribution in [2.75, 3.05) is 6.67 Å². The summed E-state index contributed by atoms with van der Waals surface area (Å²) in [6, 6.07) is 0. The molecule has 0 amide bonds. The van der Waals surface area contributed by atoms with Crippen LogP contribution in [0.4, 0.5) is 0 Å². The van der Waals surface area contributed by atoms with Crippen LogP contribution in [0.3, 0.4) is 0 Å². The molecule has 50 valence electrons. The summed E-state index contributed by atoms with van der Waals surface area (Å²) in [4.78, 5) is 8.86. The first kappa shape index (κ1) is 5.73. The molecule has 2 heterocycles. The SMILES string of the molecule is S=C1NCN=C2N=CC=C12. The van der Waals surface area contributed by atoms with Crippen LogP contribution in [-0.2, 0) is 0 Å². The molecule has 2 aliphatic rings. The second-order valence-corrected chi connectivity index (χ2v) is 2.41. The molecule has 0 saturated carbocycles. The summed E-state index contributed by atoms with van der Waals surface area (Å²) in [6.45, 7) is 0.558. The first-order valence-electron chi connectivity index (χ1n) is 2.95. The van der Waals surface area contributed by atoms with Crippen molar-refractivity contribution >= 4 is 29.3 Å². The average molecular weight is 151 g/mol. The molecule has 3 nitrogen and oxygen atoms in total. The lowest BCUT2D eigenvalue weighted by atomic mass is 10.2. The van der Waals surface area contributed by atoms with Gasteiger partial charge in [0.25, 0.3) is 0 Å². The number of hydrogen-bond acceptors (Lipinski definition) is 3. The molecule has 0 unspecified atom stereocenters. The molecule has 0 bridgehead atoms. The highest BCUT2D eigenvalue weighted by Crippen LogP contribution is 2.09. The molecule has 0 aromatic rings. The Bertz CT molecular complexity index is 275. The van der Waals surface area contributed by atoms with Crippen molar-refractivity contribution in [1.82, 2.24) is 5.32 Å². The molecule has 10 heavy (non-hydrogen) atoms. The summed E-state index contributed by atoms with van der Waals surface area (Å²) < 4.78 is 0. The average Bonchev–Trinajstić information content (AvgIpc) is 2.36. The van der Waals surface area contributed by atoms with Crippen LogP contribution in [0.5, 0.6) is 0 Å². The van der Waals surface area contributed by atoms with Crippen LogP contribution >= 0.6 is 12.2 Å². The van der Waals surface area contributed by atoms with Crippen LogP contribution < -0.4 is 5.32 Å². The van der Waals surface area contributed by atoms with E-state index < -0.39 is 0 Å². The Hall–Kier alpha value is -1.03. The van der Waals surface area contributed by atoms with Crippen LogP contribution in [0.25, 0.3) is 0 Å². The van der Waals surface area contributed by atoms with Crippen molar-refractivity contribution in [3.63, 3.8) is 0 Å². The molecule has 2 aliphatic heterocycles. The van der Waals surface area contributed by atoms with Crippen molar-refractivity contribution in [2.45, 2.75) is 0 Å². The minimum atomic E-state index is 0.558. The maximum absolute atomic E-state index is 5.00. The zero-order valence-electron chi connectivity index (χ0n) is 5.16. The zero-order chi connectivity index (χ0) is 6.97. The lowest BCUT2D eigenvalue weighted by Crippen LogP contribution is -2.30. The molecular formula is C6H5N3S. The van der Waals surface area contributed by atoms with E-state index in [0.717, 1.165) is 16.4 Å². The standard InChI is InChI=1S/C6H5N3S/c10-6-4-1-2-7-5(4)8-3-9-6/h1-2H,3H2,(H,9,10). The predicted molar refractivity (Wildman–Crippen MR) is 44.6 cm³/mol. The van der Waals surface area contributed by atoms with Crippen molar-refractivity contribution in [2.24, 2.45) is 9.98 Å². The fraction of sp³-hybridized carbons (Fsp3) is 0.167. The number of fused-ring (bicyclic) bond motifs is 1. The minimum absolute atomic E-state index is 0.558. The zero-order valence-corrected chi connectivity index (χ0v) is 5.98. The largest absolute Gasteiger partial charge is 0.357 e. The number of aliphatic imine (C=N–C) groups is 2. The van der Waals surface area contributed by atoms with Gasteiger partial charge in [-0.05, 0) is 6.08 Å². The molecule has 0 aliphatic carbocycles. The van der Waals surface area contributed by atoms with E-state index >= 15 is 0 Å². The second-order valence-electron chi connectivity index (χ2n) is 2.00. The predicted octanol–water partition coefficient (Wildman–Crippen LogP) is 0.284. The van der Waals surface area contributed by atoms with Gasteiger partial charge in [-0.25, -0.2) is 9.98 Å². The van der Waals surface area contributed by atoms with E-state index in [-0.39, 0.29) is 0 Å². The lowest BCUT2D eigenvalue weighted by molar-refractivity contribution is 0.925. The smallest absolute Gasteiger partial charge is 0.159 e. The van der Waals surface area contributed by atoms with Gasteiger partial charge in [-0.3, -0.25) is 0 Å². The third kappa shape index (κ3) is 0.690. The number of thiocarbonyl (C=S) groups is 1. The van der Waals surface area contributed by atoms with E-state index in [2.05, 4.69) is 15.3 Å². The van der Waals surface area contributed by atoms with Gasteiger partial charge in [-0.2, -0.15) is 0 Å². The number of nitrogens with zero attached hydrogens (tertiary/aromatic N) is 2. The Morgan fingerprint density at radius 3 is 3.30 bits per heavy atom. The molecule has 0 fully saturated rings. The number of nitrogens with one attached hydrogen (secondary N) is 1. The fourth-order valence-corrected chi connectivity index (χ4v) is 1.14. The number of rotatable bonds is 0. The maximum atomic E-state index is 5.00. The highest BCUT2D eigenvalue weighted by Gasteiger charge is 2.17. The highest BCUT2D eigenvalue weighted by molar-refractivity contribution is 7.80. The minimum Gasteiger partial charge on any atom is -0.357 e. The molecule has 4 heteroatoms. The van der Waals surface area contributed by atoms with E-state index in [1.807, 2.05) is 6.08 Å². The Morgan fingerprint density at radius 2 is 2.50 bits per heavy atom. The third-order valence-corrected chi connectivity index (χ3v) is 1.76. The van der Waals surface area contributed by atoms with Gasteiger partial charge in [-0.15, -0.1) is 0 Å². The Labute approximate surface area is 63.6 Å². The van der Waals surface area contributed by atoms with Gasteiger partial charge in [0.1, 0.15) is 11.7 Å². The third-order valence-electron chi connectivity index (χ3n) is 1.39. The Morgan fingerprint density at radius 1 is 1.60 bits per heavy atom. The number of hydrogen-bond donors (Lipinski definition) is 1. The molecule has 1 N–H and O–H groups in total. The van der Waals surface area contributed by atoms with Crippen molar-refractivity contribution in [3.8, 4) is 0 Å². The second kappa shape index (κ2) is 1.98. The fourth-order valence-electron chi connectivity index (χ4n) is 0.911. The molecule has 0 atom stereocenters. The van der Waals surface area contributed by atoms with Crippen LogP contribution in [-0.4, -0.2) is 23.7 Å². The van der Waals surface area contributed by atoms with E-state index in [4.69, 9.17) is 12.2 Å². The molecule has 0 saturated heterocycles. The molecule has 2 rings (SSSR count). The van der Waals surface area contributed by atoms with Gasteiger partial charge in [0.15, 0.2) is 5.84 Å². The Kier molecular flexibility index (Phi) is 1.14. The van der Waals surface area contributed by atoms with Crippen LogP contribution in [0.15, 0.2) is 21.6 Å². The molecule has 0 aromatic carbocycles. The van der Waals surface area contributed by atoms with Gasteiger partial charge < -0.3 is 5.32 Å². The maximum Gasteiger partial charge on any atom is 0.159 e. The molecule has 0 spiro atoms. The van der Waals surface area contributed by atoms with Crippen LogP contribution in [0.2, 0.25) is 0 Å². The first-order chi connectivity index (χ1) is 4.88.